The van der Waals surface area contributed by atoms with Crippen LogP contribution in [0.5, 0.6) is 0 Å². The standard InChI is InChI=1S/C34H50O11/c1-9-12-13-14-15-17-25(37)42-29-27-26(20(5)28(29)43-31(38)19(4)11-3)30-34(40,21(6)32(39)44-30)23(41-24(36)16-10-2)18-33(27,8)45-22(7)35/h11,21,23,27-30,40H,9-10,12-18H2,1-8H3/b19-11-/t21-,23-,27+,28-,29+,30+,33-,34+/m0/s1. The van der Waals surface area contributed by atoms with Crippen molar-refractivity contribution in [3.63, 3.8) is 0 Å². The normalized spacial score (nSPS) is 32.6. The molecule has 252 valence electrons. The molecule has 0 bridgehead atoms. The van der Waals surface area contributed by atoms with Crippen molar-refractivity contribution in [1.29, 1.82) is 0 Å². The lowest BCUT2D eigenvalue weighted by Gasteiger charge is -2.40. The maximum absolute atomic E-state index is 13.3. The van der Waals surface area contributed by atoms with Gasteiger partial charge in [0.15, 0.2) is 23.9 Å². The van der Waals surface area contributed by atoms with Gasteiger partial charge in [0, 0.05) is 31.8 Å². The molecule has 0 aromatic rings. The molecule has 0 aromatic heterocycles. The van der Waals surface area contributed by atoms with Crippen LogP contribution in [0.1, 0.15) is 113 Å². The predicted molar refractivity (Wildman–Crippen MR) is 162 cm³/mol. The molecular weight excluding hydrogens is 584 g/mol. The summed E-state index contributed by atoms with van der Waals surface area (Å²) in [4.78, 5) is 64.9. The van der Waals surface area contributed by atoms with Gasteiger partial charge in [0.2, 0.25) is 0 Å². The second kappa shape index (κ2) is 14.9. The molecular formula is C34H50O11. The minimum atomic E-state index is -2.06. The molecule has 0 unspecified atom stereocenters. The highest BCUT2D eigenvalue weighted by atomic mass is 16.6. The van der Waals surface area contributed by atoms with E-state index in [1.807, 2.05) is 0 Å². The molecule has 45 heavy (non-hydrogen) atoms. The van der Waals surface area contributed by atoms with Gasteiger partial charge in [-0.1, -0.05) is 45.6 Å². The number of hydrogen-bond donors (Lipinski definition) is 1. The number of rotatable bonds is 13. The van der Waals surface area contributed by atoms with Crippen LogP contribution in [0.15, 0.2) is 22.8 Å². The Hall–Kier alpha value is -3.21. The van der Waals surface area contributed by atoms with Crippen molar-refractivity contribution < 1.29 is 52.8 Å². The first kappa shape index (κ1) is 36.3. The van der Waals surface area contributed by atoms with Crippen LogP contribution in [-0.2, 0) is 47.7 Å². The maximum atomic E-state index is 13.3. The molecule has 0 radical (unpaired) electrons. The fourth-order valence-electron chi connectivity index (χ4n) is 6.89. The van der Waals surface area contributed by atoms with E-state index in [0.29, 0.717) is 29.6 Å². The van der Waals surface area contributed by atoms with E-state index in [-0.39, 0.29) is 19.3 Å². The van der Waals surface area contributed by atoms with Crippen molar-refractivity contribution in [2.75, 3.05) is 0 Å². The number of ether oxygens (including phenoxy) is 5. The number of allylic oxidation sites excluding steroid dienone is 1. The fourth-order valence-corrected chi connectivity index (χ4v) is 6.89. The van der Waals surface area contributed by atoms with Crippen LogP contribution in [0, 0.1) is 11.8 Å². The van der Waals surface area contributed by atoms with E-state index in [9.17, 15) is 29.1 Å². The number of carbonyl (C=O) groups is 5. The lowest BCUT2D eigenvalue weighted by Crippen LogP contribution is -2.56. The van der Waals surface area contributed by atoms with E-state index in [1.54, 1.807) is 40.7 Å². The number of esters is 5. The zero-order valence-corrected chi connectivity index (χ0v) is 27.9. The predicted octanol–water partition coefficient (Wildman–Crippen LogP) is 4.81. The van der Waals surface area contributed by atoms with E-state index in [2.05, 4.69) is 6.92 Å². The number of carbonyl (C=O) groups excluding carboxylic acids is 5. The highest BCUT2D eigenvalue weighted by Gasteiger charge is 2.71. The molecule has 1 N–H and O–H groups in total. The molecule has 8 atom stereocenters. The van der Waals surface area contributed by atoms with Gasteiger partial charge in [0.1, 0.15) is 11.7 Å². The smallest absolute Gasteiger partial charge is 0.334 e. The number of aliphatic hydroxyl groups is 1. The van der Waals surface area contributed by atoms with Gasteiger partial charge in [0.25, 0.3) is 0 Å². The monoisotopic (exact) mass is 634 g/mol. The molecule has 3 aliphatic rings. The van der Waals surface area contributed by atoms with Gasteiger partial charge in [-0.05, 0) is 58.6 Å². The number of unbranched alkanes of at least 4 members (excludes halogenated alkanes) is 4. The van der Waals surface area contributed by atoms with Gasteiger partial charge in [-0.3, -0.25) is 19.2 Å². The summed E-state index contributed by atoms with van der Waals surface area (Å²) in [6.45, 7) is 13.2. The quantitative estimate of drug-likeness (QED) is 0.0977. The Morgan fingerprint density at radius 1 is 0.978 bits per heavy atom. The van der Waals surface area contributed by atoms with E-state index in [1.165, 1.54) is 13.8 Å². The van der Waals surface area contributed by atoms with Gasteiger partial charge < -0.3 is 28.8 Å². The van der Waals surface area contributed by atoms with Crippen LogP contribution in [0.4, 0.5) is 0 Å². The Kier molecular flexibility index (Phi) is 12.0. The van der Waals surface area contributed by atoms with Crippen LogP contribution in [0.3, 0.4) is 0 Å². The maximum Gasteiger partial charge on any atom is 0.334 e. The summed E-state index contributed by atoms with van der Waals surface area (Å²) < 4.78 is 29.7. The Morgan fingerprint density at radius 2 is 1.62 bits per heavy atom. The first-order valence-electron chi connectivity index (χ1n) is 16.2. The lowest BCUT2D eigenvalue weighted by atomic mass is 9.78. The Labute approximate surface area is 266 Å². The topological polar surface area (TPSA) is 152 Å². The second-order valence-corrected chi connectivity index (χ2v) is 12.8. The van der Waals surface area contributed by atoms with Crippen molar-refractivity contribution in [2.45, 2.75) is 149 Å². The fraction of sp³-hybridized carbons (Fsp3) is 0.735. The Balaban J connectivity index is 2.19. The van der Waals surface area contributed by atoms with E-state index in [4.69, 9.17) is 23.7 Å². The van der Waals surface area contributed by atoms with Gasteiger partial charge in [-0.2, -0.15) is 0 Å². The van der Waals surface area contributed by atoms with Gasteiger partial charge in [0.05, 0.1) is 11.8 Å². The Bertz CT molecular complexity index is 1220. The zero-order chi connectivity index (χ0) is 33.7. The average molecular weight is 635 g/mol. The summed E-state index contributed by atoms with van der Waals surface area (Å²) in [6, 6.07) is 0. The highest BCUT2D eigenvalue weighted by molar-refractivity contribution is 5.88. The first-order chi connectivity index (χ1) is 21.2. The summed E-state index contributed by atoms with van der Waals surface area (Å²) in [6.07, 6.45) is 1.57. The van der Waals surface area contributed by atoms with Gasteiger partial charge >= 0.3 is 29.8 Å². The minimum Gasteiger partial charge on any atom is -0.459 e. The van der Waals surface area contributed by atoms with Crippen LogP contribution in [0.25, 0.3) is 0 Å². The molecule has 3 rings (SSSR count). The van der Waals surface area contributed by atoms with Crippen LogP contribution < -0.4 is 0 Å². The third-order valence-corrected chi connectivity index (χ3v) is 9.44. The molecule has 1 heterocycles. The largest absolute Gasteiger partial charge is 0.459 e. The van der Waals surface area contributed by atoms with Crippen LogP contribution >= 0.6 is 0 Å². The highest BCUT2D eigenvalue weighted by Crippen LogP contribution is 2.56. The second-order valence-electron chi connectivity index (χ2n) is 12.8. The molecule has 1 aliphatic heterocycles. The third-order valence-electron chi connectivity index (χ3n) is 9.44. The number of fused-ring (bicyclic) bond motifs is 3. The SMILES string of the molecule is C/C=C(/C)C(=O)O[C@H]1C(C)=C2[C@H]3OC(=O)[C@H](C)[C@@]3(O)[C@@H](OC(=O)CCC)C[C@](C)(OC(C)=O)[C@H]2[C@H]1OC(=O)CCCCCCC. The minimum absolute atomic E-state index is 0.0662. The molecule has 1 saturated carbocycles. The molecule has 11 nitrogen and oxygen atoms in total. The number of hydrogen-bond acceptors (Lipinski definition) is 11. The lowest BCUT2D eigenvalue weighted by molar-refractivity contribution is -0.193. The molecule has 2 fully saturated rings. The van der Waals surface area contributed by atoms with Gasteiger partial charge in [-0.15, -0.1) is 0 Å². The Morgan fingerprint density at radius 3 is 2.22 bits per heavy atom. The van der Waals surface area contributed by atoms with Crippen LogP contribution in [-0.4, -0.2) is 70.6 Å². The van der Waals surface area contributed by atoms with E-state index in [0.717, 1.165) is 25.7 Å². The van der Waals surface area contributed by atoms with Crippen molar-refractivity contribution in [3.05, 3.63) is 22.8 Å². The van der Waals surface area contributed by atoms with Crippen molar-refractivity contribution in [1.82, 2.24) is 0 Å². The summed E-state index contributed by atoms with van der Waals surface area (Å²) in [5, 5.41) is 12.4. The molecule has 0 spiro atoms. The summed E-state index contributed by atoms with van der Waals surface area (Å²) in [7, 11) is 0. The molecule has 0 aromatic carbocycles. The average Bonchev–Trinajstić information content (AvgIpc) is 3.33. The molecule has 0 amide bonds. The van der Waals surface area contributed by atoms with E-state index < -0.39 is 77.3 Å². The molecule has 11 heteroatoms. The van der Waals surface area contributed by atoms with Crippen LogP contribution in [0.2, 0.25) is 0 Å². The van der Waals surface area contributed by atoms with Crippen molar-refractivity contribution in [3.8, 4) is 0 Å². The third kappa shape index (κ3) is 7.45. The zero-order valence-electron chi connectivity index (χ0n) is 27.9. The first-order valence-corrected chi connectivity index (χ1v) is 16.2. The summed E-state index contributed by atoms with van der Waals surface area (Å²) >= 11 is 0. The molecule has 1 saturated heterocycles. The summed E-state index contributed by atoms with van der Waals surface area (Å²) in [5.74, 6) is -5.28. The molecule has 2 aliphatic carbocycles. The van der Waals surface area contributed by atoms with Gasteiger partial charge in [-0.25, -0.2) is 4.79 Å². The van der Waals surface area contributed by atoms with Crippen molar-refractivity contribution >= 4 is 29.8 Å². The van der Waals surface area contributed by atoms with Crippen molar-refractivity contribution in [2.24, 2.45) is 11.8 Å². The summed E-state index contributed by atoms with van der Waals surface area (Å²) in [5.41, 5.74) is -2.58. The van der Waals surface area contributed by atoms with E-state index >= 15 is 0 Å².